The molecule has 0 aliphatic heterocycles. The van der Waals surface area contributed by atoms with Gasteiger partial charge in [-0.25, -0.2) is 0 Å². The molecule has 0 unspecified atom stereocenters. The van der Waals surface area contributed by atoms with Crippen LogP contribution in [0.1, 0.15) is 40.0 Å². The van der Waals surface area contributed by atoms with Gasteiger partial charge in [-0.15, -0.1) is 0 Å². The van der Waals surface area contributed by atoms with Crippen molar-refractivity contribution in [2.75, 3.05) is 24.5 Å². The standard InChI is InChI=1S/C21H33N3O2/c1-15(2)18-10-9-16(3)13-19(18)21(26)23-11-12-24(20(25)14-22)17-7-5-4-6-8-17/h4-8,15-16,18-19H,9-14,22H2,1-3H3,(H,23,26)/t16-,18+,19-/m1/s1. The van der Waals surface area contributed by atoms with E-state index in [0.29, 0.717) is 30.8 Å². The Labute approximate surface area is 157 Å². The number of amides is 2. The first-order chi connectivity index (χ1) is 12.4. The summed E-state index contributed by atoms with van der Waals surface area (Å²) in [4.78, 5) is 26.6. The fourth-order valence-electron chi connectivity index (χ4n) is 4.04. The van der Waals surface area contributed by atoms with Crippen molar-refractivity contribution in [1.29, 1.82) is 0 Å². The molecule has 2 amide bonds. The van der Waals surface area contributed by atoms with Crippen molar-refractivity contribution in [1.82, 2.24) is 5.32 Å². The Bertz CT molecular complexity index is 588. The molecule has 1 aliphatic carbocycles. The van der Waals surface area contributed by atoms with Crippen molar-refractivity contribution in [3.8, 4) is 0 Å². The van der Waals surface area contributed by atoms with Gasteiger partial charge in [0.1, 0.15) is 0 Å². The van der Waals surface area contributed by atoms with Crippen LogP contribution in [0.25, 0.3) is 0 Å². The number of benzene rings is 1. The predicted octanol–water partition coefficient (Wildman–Crippen LogP) is 2.80. The molecular formula is C21H33N3O2. The first kappa shape index (κ1) is 20.4. The summed E-state index contributed by atoms with van der Waals surface area (Å²) in [6.07, 6.45) is 3.29. The van der Waals surface area contributed by atoms with Gasteiger partial charge in [0, 0.05) is 24.7 Å². The van der Waals surface area contributed by atoms with Crippen molar-refractivity contribution in [2.24, 2.45) is 29.4 Å². The number of para-hydroxylation sites is 1. The SMILES string of the molecule is CC(C)[C@@H]1CC[C@@H](C)C[C@H]1C(=O)NCCN(C(=O)CN)c1ccccc1. The molecule has 1 aromatic carbocycles. The van der Waals surface area contributed by atoms with E-state index >= 15 is 0 Å². The Morgan fingerprint density at radius 1 is 1.23 bits per heavy atom. The van der Waals surface area contributed by atoms with Crippen LogP contribution >= 0.6 is 0 Å². The predicted molar refractivity (Wildman–Crippen MR) is 106 cm³/mol. The van der Waals surface area contributed by atoms with Gasteiger partial charge in [-0.1, -0.05) is 45.4 Å². The first-order valence-electron chi connectivity index (χ1n) is 9.77. The second-order valence-electron chi connectivity index (χ2n) is 7.81. The van der Waals surface area contributed by atoms with E-state index in [1.54, 1.807) is 4.90 Å². The Kier molecular flexibility index (Phi) is 7.64. The molecule has 1 saturated carbocycles. The van der Waals surface area contributed by atoms with Crippen molar-refractivity contribution < 1.29 is 9.59 Å². The minimum Gasteiger partial charge on any atom is -0.354 e. The third kappa shape index (κ3) is 5.31. The molecule has 0 aromatic heterocycles. The van der Waals surface area contributed by atoms with Crippen LogP contribution in [0.3, 0.4) is 0 Å². The summed E-state index contributed by atoms with van der Waals surface area (Å²) in [5.74, 6) is 1.62. The van der Waals surface area contributed by atoms with Crippen LogP contribution in [0.2, 0.25) is 0 Å². The average molecular weight is 360 g/mol. The molecule has 0 saturated heterocycles. The summed E-state index contributed by atoms with van der Waals surface area (Å²) >= 11 is 0. The van der Waals surface area contributed by atoms with E-state index in [-0.39, 0.29) is 24.3 Å². The molecule has 3 N–H and O–H groups in total. The molecule has 1 aromatic rings. The summed E-state index contributed by atoms with van der Waals surface area (Å²) in [6.45, 7) is 7.47. The van der Waals surface area contributed by atoms with Crippen LogP contribution in [0.15, 0.2) is 30.3 Å². The topological polar surface area (TPSA) is 75.4 Å². The maximum absolute atomic E-state index is 12.8. The van der Waals surface area contributed by atoms with E-state index in [4.69, 9.17) is 5.73 Å². The molecule has 1 fully saturated rings. The number of nitrogens with zero attached hydrogens (tertiary/aromatic N) is 1. The molecular weight excluding hydrogens is 326 g/mol. The van der Waals surface area contributed by atoms with Crippen molar-refractivity contribution in [3.63, 3.8) is 0 Å². The summed E-state index contributed by atoms with van der Waals surface area (Å²) < 4.78 is 0. The van der Waals surface area contributed by atoms with E-state index in [9.17, 15) is 9.59 Å². The highest BCUT2D eigenvalue weighted by Crippen LogP contribution is 2.38. The minimum atomic E-state index is -0.142. The highest BCUT2D eigenvalue weighted by atomic mass is 16.2. The lowest BCUT2D eigenvalue weighted by molar-refractivity contribution is -0.129. The molecule has 26 heavy (non-hydrogen) atoms. The number of hydrogen-bond donors (Lipinski definition) is 2. The summed E-state index contributed by atoms with van der Waals surface area (Å²) in [6, 6.07) is 9.45. The molecule has 1 aliphatic rings. The lowest BCUT2D eigenvalue weighted by atomic mass is 9.70. The number of rotatable bonds is 7. The van der Waals surface area contributed by atoms with Crippen LogP contribution in [-0.4, -0.2) is 31.4 Å². The zero-order chi connectivity index (χ0) is 19.1. The van der Waals surface area contributed by atoms with Gasteiger partial charge in [0.05, 0.1) is 6.54 Å². The van der Waals surface area contributed by atoms with Gasteiger partial charge in [0.25, 0.3) is 0 Å². The summed E-state index contributed by atoms with van der Waals surface area (Å²) in [7, 11) is 0. The van der Waals surface area contributed by atoms with Gasteiger partial charge in [-0.05, 0) is 42.7 Å². The molecule has 5 heteroatoms. The van der Waals surface area contributed by atoms with E-state index < -0.39 is 0 Å². The maximum atomic E-state index is 12.8. The normalized spacial score (nSPS) is 22.9. The molecule has 5 nitrogen and oxygen atoms in total. The van der Waals surface area contributed by atoms with Gasteiger partial charge < -0.3 is 16.0 Å². The first-order valence-corrected chi connectivity index (χ1v) is 9.77. The molecule has 0 spiro atoms. The van der Waals surface area contributed by atoms with E-state index in [1.165, 1.54) is 6.42 Å². The maximum Gasteiger partial charge on any atom is 0.240 e. The monoisotopic (exact) mass is 359 g/mol. The number of nitrogens with two attached hydrogens (primary N) is 1. The Morgan fingerprint density at radius 2 is 1.92 bits per heavy atom. The number of hydrogen-bond acceptors (Lipinski definition) is 3. The fourth-order valence-corrected chi connectivity index (χ4v) is 4.04. The zero-order valence-electron chi connectivity index (χ0n) is 16.3. The van der Waals surface area contributed by atoms with Gasteiger partial charge in [0.15, 0.2) is 0 Å². The molecule has 2 rings (SSSR count). The molecule has 3 atom stereocenters. The van der Waals surface area contributed by atoms with Gasteiger partial charge >= 0.3 is 0 Å². The van der Waals surface area contributed by atoms with Gasteiger partial charge in [-0.2, -0.15) is 0 Å². The van der Waals surface area contributed by atoms with Crippen molar-refractivity contribution in [3.05, 3.63) is 30.3 Å². The van der Waals surface area contributed by atoms with Gasteiger partial charge in [-0.3, -0.25) is 9.59 Å². The van der Waals surface area contributed by atoms with Crippen molar-refractivity contribution in [2.45, 2.75) is 40.0 Å². The van der Waals surface area contributed by atoms with Crippen LogP contribution in [0.5, 0.6) is 0 Å². The minimum absolute atomic E-state index is 0.0433. The zero-order valence-corrected chi connectivity index (χ0v) is 16.3. The summed E-state index contributed by atoms with van der Waals surface area (Å²) in [5, 5.41) is 3.06. The number of nitrogens with one attached hydrogen (secondary N) is 1. The average Bonchev–Trinajstić information content (AvgIpc) is 2.64. The van der Waals surface area contributed by atoms with Crippen molar-refractivity contribution >= 4 is 17.5 Å². The quantitative estimate of drug-likeness (QED) is 0.786. The smallest absolute Gasteiger partial charge is 0.240 e. The number of carbonyl (C=O) groups excluding carboxylic acids is 2. The van der Waals surface area contributed by atoms with Crippen LogP contribution in [-0.2, 0) is 9.59 Å². The van der Waals surface area contributed by atoms with Gasteiger partial charge in [0.2, 0.25) is 11.8 Å². The molecule has 0 radical (unpaired) electrons. The van der Waals surface area contributed by atoms with E-state index in [0.717, 1.165) is 18.5 Å². The van der Waals surface area contributed by atoms with E-state index in [2.05, 4.69) is 26.1 Å². The highest BCUT2D eigenvalue weighted by molar-refractivity contribution is 5.94. The third-order valence-electron chi connectivity index (χ3n) is 5.54. The Morgan fingerprint density at radius 3 is 2.54 bits per heavy atom. The fraction of sp³-hybridized carbons (Fsp3) is 0.619. The lowest BCUT2D eigenvalue weighted by Gasteiger charge is -2.36. The lowest BCUT2D eigenvalue weighted by Crippen LogP contribution is -2.45. The van der Waals surface area contributed by atoms with Crippen LogP contribution < -0.4 is 16.0 Å². The molecule has 0 heterocycles. The van der Waals surface area contributed by atoms with Crippen LogP contribution in [0.4, 0.5) is 5.69 Å². The number of carbonyl (C=O) groups is 2. The van der Waals surface area contributed by atoms with E-state index in [1.807, 2.05) is 30.3 Å². The highest BCUT2D eigenvalue weighted by Gasteiger charge is 2.35. The second kappa shape index (κ2) is 9.72. The largest absolute Gasteiger partial charge is 0.354 e. The Hall–Kier alpha value is -1.88. The summed E-state index contributed by atoms with van der Waals surface area (Å²) in [5.41, 5.74) is 6.36. The number of anilines is 1. The van der Waals surface area contributed by atoms with Crippen LogP contribution in [0, 0.1) is 23.7 Å². The second-order valence-corrected chi connectivity index (χ2v) is 7.81. The molecule has 0 bridgehead atoms. The Balaban J connectivity index is 1.95. The molecule has 144 valence electrons. The third-order valence-corrected chi connectivity index (χ3v) is 5.54.